The average Bonchev–Trinajstić information content (AvgIpc) is 2.72. The van der Waals surface area contributed by atoms with Crippen LogP contribution in [0.3, 0.4) is 0 Å². The van der Waals surface area contributed by atoms with Gasteiger partial charge in [-0.05, 0) is 25.7 Å². The third-order valence-corrected chi connectivity index (χ3v) is 5.63. The molecule has 0 aliphatic heterocycles. The molecule has 0 saturated carbocycles. The molecule has 0 fully saturated rings. The van der Waals surface area contributed by atoms with Gasteiger partial charge in [-0.1, -0.05) is 140 Å². The Bertz CT molecular complexity index is 387. The van der Waals surface area contributed by atoms with Crippen LogP contribution in [0.5, 0.6) is 0 Å². The molecule has 164 valence electrons. The number of aliphatic hydroxyl groups excluding tert-OH is 1. The van der Waals surface area contributed by atoms with Crippen LogP contribution in [0.2, 0.25) is 0 Å². The van der Waals surface area contributed by atoms with E-state index in [1.807, 2.05) is 18.2 Å². The molecule has 1 aromatic rings. The Hall–Kier alpha value is -0.820. The third kappa shape index (κ3) is 19.9. The fourth-order valence-electron chi connectivity index (χ4n) is 3.64. The van der Waals surface area contributed by atoms with Gasteiger partial charge >= 0.3 is 0 Å². The predicted octanol–water partition coefficient (Wildman–Crippen LogP) is 8.87. The molecule has 0 aromatic heterocycles. The molecule has 28 heavy (non-hydrogen) atoms. The summed E-state index contributed by atoms with van der Waals surface area (Å²) in [6.45, 7) is 7.04. The van der Waals surface area contributed by atoms with Gasteiger partial charge in [0, 0.05) is 6.61 Å². The highest BCUT2D eigenvalue weighted by Crippen LogP contribution is 2.19. The van der Waals surface area contributed by atoms with Crippen molar-refractivity contribution in [1.29, 1.82) is 0 Å². The van der Waals surface area contributed by atoms with Crippen molar-refractivity contribution >= 4 is 0 Å². The highest BCUT2D eigenvalue weighted by Gasteiger charge is 2.06. The standard InChI is InChI=1S/C20H42O.C7H8/c1-3-5-7-9-11-12-14-16-18-20(19-21)17-15-13-10-8-6-4-2;1-7-5-3-2-4-6-7/h20-21H,3-19H2,1-2H3;2-6H,1H3. The monoisotopic (exact) mass is 390 g/mol. The lowest BCUT2D eigenvalue weighted by molar-refractivity contribution is 0.204. The number of rotatable bonds is 17. The highest BCUT2D eigenvalue weighted by atomic mass is 16.3. The first-order valence-electron chi connectivity index (χ1n) is 12.4. The van der Waals surface area contributed by atoms with Crippen molar-refractivity contribution in [3.63, 3.8) is 0 Å². The maximum Gasteiger partial charge on any atom is 0.0459 e. The van der Waals surface area contributed by atoms with Crippen molar-refractivity contribution in [3.8, 4) is 0 Å². The largest absolute Gasteiger partial charge is 0.396 e. The maximum absolute atomic E-state index is 9.47. The van der Waals surface area contributed by atoms with Gasteiger partial charge in [0.15, 0.2) is 0 Å². The Morgan fingerprint density at radius 2 is 1.00 bits per heavy atom. The molecule has 1 atom stereocenters. The van der Waals surface area contributed by atoms with Crippen LogP contribution in [0.4, 0.5) is 0 Å². The molecule has 0 saturated heterocycles. The number of unbranched alkanes of at least 4 members (excludes halogenated alkanes) is 12. The van der Waals surface area contributed by atoms with Gasteiger partial charge in [0.05, 0.1) is 0 Å². The SMILES string of the molecule is CCCCCCCCCCC(CO)CCCCCCCC.Cc1ccccc1. The second-order valence-corrected chi connectivity index (χ2v) is 8.52. The fraction of sp³-hybridized carbons (Fsp3) is 0.778. The van der Waals surface area contributed by atoms with Crippen molar-refractivity contribution in [2.45, 2.75) is 124 Å². The number of hydrogen-bond acceptors (Lipinski definition) is 1. The van der Waals surface area contributed by atoms with Crippen LogP contribution in [0.1, 0.15) is 122 Å². The molecule has 0 aliphatic rings. The Labute approximate surface area is 177 Å². The van der Waals surface area contributed by atoms with Crippen LogP contribution in [0, 0.1) is 12.8 Å². The minimum atomic E-state index is 0.408. The van der Waals surface area contributed by atoms with Crippen LogP contribution in [-0.4, -0.2) is 11.7 Å². The molecule has 0 heterocycles. The summed E-state index contributed by atoms with van der Waals surface area (Å²) in [5.41, 5.74) is 1.32. The minimum Gasteiger partial charge on any atom is -0.396 e. The van der Waals surface area contributed by atoms with E-state index >= 15 is 0 Å². The van der Waals surface area contributed by atoms with Crippen LogP contribution in [-0.2, 0) is 0 Å². The number of aliphatic hydroxyl groups is 1. The third-order valence-electron chi connectivity index (χ3n) is 5.63. The summed E-state index contributed by atoms with van der Waals surface area (Å²) in [5, 5.41) is 9.47. The van der Waals surface area contributed by atoms with E-state index in [0.29, 0.717) is 12.5 Å². The molecular weight excluding hydrogens is 340 g/mol. The zero-order valence-electron chi connectivity index (χ0n) is 19.4. The molecule has 0 radical (unpaired) electrons. The fourth-order valence-corrected chi connectivity index (χ4v) is 3.64. The normalized spacial score (nSPS) is 11.7. The first-order valence-corrected chi connectivity index (χ1v) is 12.4. The Morgan fingerprint density at radius 3 is 1.32 bits per heavy atom. The number of hydrogen-bond donors (Lipinski definition) is 1. The van der Waals surface area contributed by atoms with Crippen molar-refractivity contribution in [2.75, 3.05) is 6.61 Å². The molecule has 1 unspecified atom stereocenters. The quantitative estimate of drug-likeness (QED) is 0.263. The van der Waals surface area contributed by atoms with Crippen molar-refractivity contribution in [2.24, 2.45) is 5.92 Å². The molecule has 0 aliphatic carbocycles. The lowest BCUT2D eigenvalue weighted by atomic mass is 9.95. The summed E-state index contributed by atoms with van der Waals surface area (Å²) in [7, 11) is 0. The number of benzene rings is 1. The topological polar surface area (TPSA) is 20.2 Å². The average molecular weight is 391 g/mol. The van der Waals surface area contributed by atoms with E-state index in [-0.39, 0.29) is 0 Å². The van der Waals surface area contributed by atoms with E-state index < -0.39 is 0 Å². The van der Waals surface area contributed by atoms with Crippen LogP contribution < -0.4 is 0 Å². The van der Waals surface area contributed by atoms with E-state index in [1.165, 1.54) is 108 Å². The molecular formula is C27H50O. The molecule has 1 N–H and O–H groups in total. The summed E-state index contributed by atoms with van der Waals surface area (Å²) >= 11 is 0. The maximum atomic E-state index is 9.47. The molecule has 0 amide bonds. The summed E-state index contributed by atoms with van der Waals surface area (Å²) in [6, 6.07) is 10.3. The summed E-state index contributed by atoms with van der Waals surface area (Å²) in [6.07, 6.45) is 21.8. The van der Waals surface area contributed by atoms with E-state index in [2.05, 4.69) is 32.9 Å². The van der Waals surface area contributed by atoms with E-state index in [0.717, 1.165) is 0 Å². The molecule has 1 heteroatoms. The smallest absolute Gasteiger partial charge is 0.0459 e. The van der Waals surface area contributed by atoms with E-state index in [1.54, 1.807) is 0 Å². The van der Waals surface area contributed by atoms with Gasteiger partial charge in [0.1, 0.15) is 0 Å². The van der Waals surface area contributed by atoms with Crippen molar-refractivity contribution in [3.05, 3.63) is 35.9 Å². The summed E-state index contributed by atoms with van der Waals surface area (Å²) in [4.78, 5) is 0. The van der Waals surface area contributed by atoms with Gasteiger partial charge in [0.2, 0.25) is 0 Å². The molecule has 0 spiro atoms. The van der Waals surface area contributed by atoms with Gasteiger partial charge in [-0.3, -0.25) is 0 Å². The van der Waals surface area contributed by atoms with Gasteiger partial charge in [-0.15, -0.1) is 0 Å². The lowest BCUT2D eigenvalue weighted by Gasteiger charge is -2.13. The Morgan fingerprint density at radius 1 is 0.607 bits per heavy atom. The molecule has 0 bridgehead atoms. The highest BCUT2D eigenvalue weighted by molar-refractivity contribution is 5.11. The zero-order valence-corrected chi connectivity index (χ0v) is 19.4. The zero-order chi connectivity index (χ0) is 20.7. The van der Waals surface area contributed by atoms with Gasteiger partial charge in [0.25, 0.3) is 0 Å². The van der Waals surface area contributed by atoms with E-state index in [9.17, 15) is 5.11 Å². The minimum absolute atomic E-state index is 0.408. The van der Waals surface area contributed by atoms with Crippen LogP contribution in [0.25, 0.3) is 0 Å². The number of aryl methyl sites for hydroxylation is 1. The summed E-state index contributed by atoms with van der Waals surface area (Å²) < 4.78 is 0. The summed E-state index contributed by atoms with van der Waals surface area (Å²) in [5.74, 6) is 0.580. The predicted molar refractivity (Wildman–Crippen MR) is 127 cm³/mol. The second kappa shape index (κ2) is 22.5. The van der Waals surface area contributed by atoms with Crippen molar-refractivity contribution in [1.82, 2.24) is 0 Å². The first kappa shape index (κ1) is 27.2. The molecule has 1 nitrogen and oxygen atoms in total. The molecule has 1 rings (SSSR count). The van der Waals surface area contributed by atoms with Crippen LogP contribution >= 0.6 is 0 Å². The van der Waals surface area contributed by atoms with Crippen molar-refractivity contribution < 1.29 is 5.11 Å². The Kier molecular flexibility index (Phi) is 21.8. The lowest BCUT2D eigenvalue weighted by Crippen LogP contribution is -2.06. The molecule has 1 aromatic carbocycles. The first-order chi connectivity index (χ1) is 13.7. The van der Waals surface area contributed by atoms with Gasteiger partial charge < -0.3 is 5.11 Å². The van der Waals surface area contributed by atoms with E-state index in [4.69, 9.17) is 0 Å². The second-order valence-electron chi connectivity index (χ2n) is 8.52. The Balaban J connectivity index is 0.000000861. The van der Waals surface area contributed by atoms with Crippen LogP contribution in [0.15, 0.2) is 30.3 Å². The van der Waals surface area contributed by atoms with Gasteiger partial charge in [-0.25, -0.2) is 0 Å². The van der Waals surface area contributed by atoms with Gasteiger partial charge in [-0.2, -0.15) is 0 Å².